The van der Waals surface area contributed by atoms with E-state index >= 15 is 0 Å². The molecule has 6 heteroatoms. The monoisotopic (exact) mass is 283 g/mol. The SMILES string of the molecule is N[C@@H](c1cccc(Br)c1F)C(F)(F)CO. The standard InChI is InChI=1S/C9H9BrF3NO/c10-6-3-1-2-5(7(6)11)8(14)9(12,13)4-15/h1-3,8,15H,4,14H2/t8-/m0/s1. The van der Waals surface area contributed by atoms with Crippen LogP contribution in [-0.2, 0) is 0 Å². The van der Waals surface area contributed by atoms with Crippen molar-refractivity contribution in [3.05, 3.63) is 34.1 Å². The topological polar surface area (TPSA) is 46.2 Å². The third-order valence-corrected chi connectivity index (χ3v) is 2.59. The van der Waals surface area contributed by atoms with Gasteiger partial charge in [0.15, 0.2) is 0 Å². The molecule has 0 heterocycles. The highest BCUT2D eigenvalue weighted by Crippen LogP contribution is 2.32. The Hall–Kier alpha value is -0.590. The molecule has 0 fully saturated rings. The van der Waals surface area contributed by atoms with Crippen LogP contribution < -0.4 is 5.73 Å². The van der Waals surface area contributed by atoms with Crippen molar-refractivity contribution in [1.29, 1.82) is 0 Å². The fourth-order valence-electron chi connectivity index (χ4n) is 1.09. The lowest BCUT2D eigenvalue weighted by molar-refractivity contribution is -0.0719. The normalized spacial score (nSPS) is 14.0. The summed E-state index contributed by atoms with van der Waals surface area (Å²) in [6.07, 6.45) is 0. The molecule has 0 amide bonds. The van der Waals surface area contributed by atoms with Gasteiger partial charge < -0.3 is 10.8 Å². The zero-order chi connectivity index (χ0) is 11.6. The van der Waals surface area contributed by atoms with Crippen LogP contribution in [0.1, 0.15) is 11.6 Å². The molecule has 0 saturated heterocycles. The maximum absolute atomic E-state index is 13.4. The predicted octanol–water partition coefficient (Wildman–Crippen LogP) is 2.22. The van der Waals surface area contributed by atoms with E-state index < -0.39 is 24.4 Å². The summed E-state index contributed by atoms with van der Waals surface area (Å²) in [4.78, 5) is 0. The lowest BCUT2D eigenvalue weighted by Gasteiger charge is -2.22. The van der Waals surface area contributed by atoms with Crippen LogP contribution in [0.2, 0.25) is 0 Å². The van der Waals surface area contributed by atoms with Gasteiger partial charge in [-0.3, -0.25) is 0 Å². The van der Waals surface area contributed by atoms with Gasteiger partial charge in [-0.1, -0.05) is 12.1 Å². The van der Waals surface area contributed by atoms with Crippen LogP contribution in [0.15, 0.2) is 22.7 Å². The maximum Gasteiger partial charge on any atom is 0.289 e. The van der Waals surface area contributed by atoms with Crippen LogP contribution in [0.3, 0.4) is 0 Å². The Morgan fingerprint density at radius 2 is 2.07 bits per heavy atom. The molecule has 3 N–H and O–H groups in total. The largest absolute Gasteiger partial charge is 0.390 e. The van der Waals surface area contributed by atoms with Crippen molar-refractivity contribution < 1.29 is 18.3 Å². The minimum atomic E-state index is -3.54. The second kappa shape index (κ2) is 4.51. The highest BCUT2D eigenvalue weighted by molar-refractivity contribution is 9.10. The fraction of sp³-hybridized carbons (Fsp3) is 0.333. The Morgan fingerprint density at radius 3 is 2.60 bits per heavy atom. The number of benzene rings is 1. The highest BCUT2D eigenvalue weighted by Gasteiger charge is 2.38. The van der Waals surface area contributed by atoms with E-state index in [0.29, 0.717) is 0 Å². The Bertz CT molecular complexity index is 359. The summed E-state index contributed by atoms with van der Waals surface area (Å²) in [6.45, 7) is -1.42. The Labute approximate surface area is 93.0 Å². The molecule has 0 spiro atoms. The van der Waals surface area contributed by atoms with E-state index in [9.17, 15) is 13.2 Å². The summed E-state index contributed by atoms with van der Waals surface area (Å²) in [5.74, 6) is -4.38. The third-order valence-electron chi connectivity index (χ3n) is 1.98. The van der Waals surface area contributed by atoms with E-state index in [1.165, 1.54) is 12.1 Å². The molecule has 84 valence electrons. The molecule has 15 heavy (non-hydrogen) atoms. The van der Waals surface area contributed by atoms with Gasteiger partial charge in [0.05, 0.1) is 10.5 Å². The van der Waals surface area contributed by atoms with Crippen LogP contribution in [0.5, 0.6) is 0 Å². The number of aliphatic hydroxyl groups is 1. The smallest absolute Gasteiger partial charge is 0.289 e. The van der Waals surface area contributed by atoms with Gasteiger partial charge in [0, 0.05) is 5.56 Å². The minimum Gasteiger partial charge on any atom is -0.390 e. The van der Waals surface area contributed by atoms with Gasteiger partial charge in [0.2, 0.25) is 0 Å². The summed E-state index contributed by atoms with van der Waals surface area (Å²) in [5.41, 5.74) is 4.85. The van der Waals surface area contributed by atoms with Crippen molar-refractivity contribution in [3.63, 3.8) is 0 Å². The van der Waals surface area contributed by atoms with E-state index in [-0.39, 0.29) is 10.0 Å². The van der Waals surface area contributed by atoms with E-state index in [4.69, 9.17) is 10.8 Å². The summed E-state index contributed by atoms with van der Waals surface area (Å²) < 4.78 is 39.4. The number of nitrogens with two attached hydrogens (primary N) is 1. The number of aliphatic hydroxyl groups excluding tert-OH is 1. The second-order valence-electron chi connectivity index (χ2n) is 3.04. The van der Waals surface area contributed by atoms with E-state index in [0.717, 1.165) is 6.07 Å². The van der Waals surface area contributed by atoms with Crippen molar-refractivity contribution in [2.75, 3.05) is 6.61 Å². The zero-order valence-electron chi connectivity index (χ0n) is 7.55. The first-order chi connectivity index (χ1) is 6.90. The molecule has 0 radical (unpaired) electrons. The number of alkyl halides is 2. The zero-order valence-corrected chi connectivity index (χ0v) is 9.14. The van der Waals surface area contributed by atoms with Gasteiger partial charge in [-0.05, 0) is 22.0 Å². The first kappa shape index (κ1) is 12.5. The van der Waals surface area contributed by atoms with E-state index in [1.54, 1.807) is 0 Å². The average molecular weight is 284 g/mol. The molecule has 1 atom stereocenters. The lowest BCUT2D eigenvalue weighted by Crippen LogP contribution is -2.36. The molecular formula is C9H9BrF3NO. The van der Waals surface area contributed by atoms with Gasteiger partial charge in [-0.15, -0.1) is 0 Å². The van der Waals surface area contributed by atoms with Gasteiger partial charge in [-0.2, -0.15) is 0 Å². The number of hydrogen-bond acceptors (Lipinski definition) is 2. The summed E-state index contributed by atoms with van der Waals surface area (Å²) in [6, 6.07) is 2.08. The molecule has 2 nitrogen and oxygen atoms in total. The first-order valence-corrected chi connectivity index (χ1v) is 4.87. The van der Waals surface area contributed by atoms with Crippen LogP contribution in [0, 0.1) is 5.82 Å². The fourth-order valence-corrected chi connectivity index (χ4v) is 1.47. The molecule has 0 aliphatic rings. The molecule has 1 rings (SSSR count). The van der Waals surface area contributed by atoms with Crippen molar-refractivity contribution in [2.24, 2.45) is 5.73 Å². The van der Waals surface area contributed by atoms with Crippen molar-refractivity contribution in [1.82, 2.24) is 0 Å². The Kier molecular flexibility index (Phi) is 3.75. The van der Waals surface area contributed by atoms with Crippen molar-refractivity contribution in [2.45, 2.75) is 12.0 Å². The molecular weight excluding hydrogens is 275 g/mol. The van der Waals surface area contributed by atoms with Crippen LogP contribution in [0.25, 0.3) is 0 Å². The minimum absolute atomic E-state index is 0.0594. The lowest BCUT2D eigenvalue weighted by atomic mass is 10.0. The molecule has 0 bridgehead atoms. The van der Waals surface area contributed by atoms with E-state index in [1.807, 2.05) is 0 Å². The Morgan fingerprint density at radius 1 is 1.47 bits per heavy atom. The molecule has 1 aromatic carbocycles. The van der Waals surface area contributed by atoms with Gasteiger partial charge in [-0.25, -0.2) is 13.2 Å². The molecule has 0 saturated carbocycles. The van der Waals surface area contributed by atoms with E-state index in [2.05, 4.69) is 15.9 Å². The van der Waals surface area contributed by atoms with Gasteiger partial charge in [0.1, 0.15) is 12.4 Å². The number of hydrogen-bond donors (Lipinski definition) is 2. The van der Waals surface area contributed by atoms with Crippen molar-refractivity contribution >= 4 is 15.9 Å². The Balaban J connectivity index is 3.12. The maximum atomic E-state index is 13.4. The highest BCUT2D eigenvalue weighted by atomic mass is 79.9. The average Bonchev–Trinajstić information content (AvgIpc) is 2.21. The molecule has 0 aromatic heterocycles. The first-order valence-electron chi connectivity index (χ1n) is 4.08. The summed E-state index contributed by atoms with van der Waals surface area (Å²) >= 11 is 2.87. The summed E-state index contributed by atoms with van der Waals surface area (Å²) in [5, 5.41) is 8.42. The van der Waals surface area contributed by atoms with Crippen LogP contribution in [0.4, 0.5) is 13.2 Å². The molecule has 1 aromatic rings. The molecule has 0 aliphatic carbocycles. The summed E-state index contributed by atoms with van der Waals surface area (Å²) in [7, 11) is 0. The van der Waals surface area contributed by atoms with Gasteiger partial charge >= 0.3 is 0 Å². The molecule has 0 unspecified atom stereocenters. The van der Waals surface area contributed by atoms with Crippen LogP contribution >= 0.6 is 15.9 Å². The predicted molar refractivity (Wildman–Crippen MR) is 53.1 cm³/mol. The molecule has 0 aliphatic heterocycles. The van der Waals surface area contributed by atoms with Crippen LogP contribution in [-0.4, -0.2) is 17.6 Å². The number of rotatable bonds is 3. The quantitative estimate of drug-likeness (QED) is 0.894. The second-order valence-corrected chi connectivity index (χ2v) is 3.89. The van der Waals surface area contributed by atoms with Crippen molar-refractivity contribution in [3.8, 4) is 0 Å². The third kappa shape index (κ3) is 2.50. The number of halogens is 4. The van der Waals surface area contributed by atoms with Gasteiger partial charge in [0.25, 0.3) is 5.92 Å².